The second-order valence-corrected chi connectivity index (χ2v) is 4.69. The van der Waals surface area contributed by atoms with Crippen molar-refractivity contribution in [2.45, 2.75) is 24.9 Å². The first-order valence-electron chi connectivity index (χ1n) is 5.87. The van der Waals surface area contributed by atoms with E-state index in [-0.39, 0.29) is 13.2 Å². The molecule has 1 aromatic heterocycles. The van der Waals surface area contributed by atoms with Crippen LogP contribution in [0, 0.1) is 0 Å². The molecule has 0 saturated heterocycles. The van der Waals surface area contributed by atoms with Crippen LogP contribution in [0.2, 0.25) is 5.15 Å². The molecule has 2 rings (SSSR count). The fourth-order valence-electron chi connectivity index (χ4n) is 1.49. The molecule has 0 unspecified atom stereocenters. The summed E-state index contributed by atoms with van der Waals surface area (Å²) in [6, 6.07) is 1.54. The molecular weight excluding hydrogens is 283 g/mol. The minimum absolute atomic E-state index is 0.0557. The number of ether oxygens (including phenoxy) is 1. The third kappa shape index (κ3) is 5.20. The number of alkyl halides is 3. The van der Waals surface area contributed by atoms with Crippen molar-refractivity contribution >= 4 is 17.4 Å². The van der Waals surface area contributed by atoms with Gasteiger partial charge in [0, 0.05) is 18.5 Å². The second kappa shape index (κ2) is 5.92. The Hall–Kier alpha value is -1.08. The molecule has 106 valence electrons. The molecule has 0 bridgehead atoms. The van der Waals surface area contributed by atoms with Gasteiger partial charge >= 0.3 is 6.18 Å². The first kappa shape index (κ1) is 14.3. The molecule has 1 saturated carbocycles. The zero-order valence-electron chi connectivity index (χ0n) is 10.0. The molecule has 1 aliphatic carbocycles. The van der Waals surface area contributed by atoms with Crippen molar-refractivity contribution in [3.8, 4) is 0 Å². The number of nitrogens with zero attached hydrogens (tertiary/aromatic N) is 2. The van der Waals surface area contributed by atoms with E-state index in [1.54, 1.807) is 0 Å². The average Bonchev–Trinajstić information content (AvgIpc) is 3.10. The van der Waals surface area contributed by atoms with E-state index in [0.29, 0.717) is 22.7 Å². The number of aromatic nitrogens is 2. The molecule has 0 aromatic carbocycles. The summed E-state index contributed by atoms with van der Waals surface area (Å²) >= 11 is 5.85. The smallest absolute Gasteiger partial charge is 0.370 e. The van der Waals surface area contributed by atoms with Crippen LogP contribution in [0.25, 0.3) is 0 Å². The number of hydrogen-bond acceptors (Lipinski definition) is 4. The summed E-state index contributed by atoms with van der Waals surface area (Å²) in [5.41, 5.74) is 0. The summed E-state index contributed by atoms with van der Waals surface area (Å²) < 4.78 is 39.9. The van der Waals surface area contributed by atoms with Gasteiger partial charge < -0.3 is 10.1 Å². The molecule has 0 atom stereocenters. The van der Waals surface area contributed by atoms with E-state index in [1.807, 2.05) is 0 Å². The summed E-state index contributed by atoms with van der Waals surface area (Å²) in [4.78, 5) is 8.36. The number of nitrogens with one attached hydrogen (secondary N) is 1. The molecular formula is C11H13ClF3N3O. The van der Waals surface area contributed by atoms with Crippen LogP contribution in [-0.2, 0) is 4.74 Å². The van der Waals surface area contributed by atoms with E-state index < -0.39 is 12.8 Å². The first-order valence-corrected chi connectivity index (χ1v) is 6.25. The highest BCUT2D eigenvalue weighted by Crippen LogP contribution is 2.38. The van der Waals surface area contributed by atoms with Gasteiger partial charge in [-0.25, -0.2) is 9.97 Å². The van der Waals surface area contributed by atoms with Crippen LogP contribution in [0.1, 0.15) is 24.6 Å². The minimum Gasteiger partial charge on any atom is -0.370 e. The van der Waals surface area contributed by atoms with E-state index in [9.17, 15) is 13.2 Å². The largest absolute Gasteiger partial charge is 0.411 e. The maximum atomic E-state index is 11.8. The Bertz CT molecular complexity index is 438. The molecule has 8 heteroatoms. The van der Waals surface area contributed by atoms with Crippen LogP contribution in [-0.4, -0.2) is 35.9 Å². The highest BCUT2D eigenvalue weighted by Gasteiger charge is 2.28. The molecule has 1 heterocycles. The Labute approximate surface area is 113 Å². The van der Waals surface area contributed by atoms with Crippen molar-refractivity contribution in [3.05, 3.63) is 17.0 Å². The van der Waals surface area contributed by atoms with Gasteiger partial charge in [0.2, 0.25) is 0 Å². The summed E-state index contributed by atoms with van der Waals surface area (Å²) in [6.07, 6.45) is -2.19. The lowest BCUT2D eigenvalue weighted by Crippen LogP contribution is -2.20. The van der Waals surface area contributed by atoms with E-state index in [2.05, 4.69) is 20.0 Å². The zero-order chi connectivity index (χ0) is 13.9. The van der Waals surface area contributed by atoms with Crippen LogP contribution in [0.15, 0.2) is 6.07 Å². The van der Waals surface area contributed by atoms with Crippen LogP contribution in [0.4, 0.5) is 19.0 Å². The number of anilines is 1. The molecule has 1 N–H and O–H groups in total. The van der Waals surface area contributed by atoms with Crippen LogP contribution in [0.5, 0.6) is 0 Å². The third-order valence-electron chi connectivity index (χ3n) is 2.47. The van der Waals surface area contributed by atoms with E-state index in [0.717, 1.165) is 12.8 Å². The molecule has 1 aliphatic rings. The van der Waals surface area contributed by atoms with Gasteiger partial charge in [-0.1, -0.05) is 11.6 Å². The molecule has 0 spiro atoms. The van der Waals surface area contributed by atoms with Crippen molar-refractivity contribution in [1.82, 2.24) is 9.97 Å². The van der Waals surface area contributed by atoms with Gasteiger partial charge in [0.25, 0.3) is 0 Å². The van der Waals surface area contributed by atoms with Crippen LogP contribution < -0.4 is 5.32 Å². The SMILES string of the molecule is FC(F)(F)COCCNc1cc(Cl)nc(C2CC2)n1. The molecule has 0 radical (unpaired) electrons. The lowest BCUT2D eigenvalue weighted by molar-refractivity contribution is -0.172. The second-order valence-electron chi connectivity index (χ2n) is 4.30. The zero-order valence-corrected chi connectivity index (χ0v) is 10.8. The van der Waals surface area contributed by atoms with E-state index in [1.165, 1.54) is 6.07 Å². The van der Waals surface area contributed by atoms with Gasteiger partial charge in [-0.2, -0.15) is 13.2 Å². The molecule has 0 amide bonds. The van der Waals surface area contributed by atoms with Gasteiger partial charge in [-0.3, -0.25) is 0 Å². The fraction of sp³-hybridized carbons (Fsp3) is 0.636. The minimum atomic E-state index is -4.29. The van der Waals surface area contributed by atoms with Crippen molar-refractivity contribution in [1.29, 1.82) is 0 Å². The standard InChI is InChI=1S/C11H13ClF3N3O/c12-8-5-9(18-10(17-8)7-1-2-7)16-3-4-19-6-11(13,14)15/h5,7H,1-4,6H2,(H,16,17,18). The Balaban J connectivity index is 1.76. The fourth-order valence-corrected chi connectivity index (χ4v) is 1.68. The van der Waals surface area contributed by atoms with Crippen molar-refractivity contribution in [3.63, 3.8) is 0 Å². The number of rotatable bonds is 6. The van der Waals surface area contributed by atoms with Gasteiger partial charge in [0.05, 0.1) is 6.61 Å². The Morgan fingerprint density at radius 2 is 2.11 bits per heavy atom. The summed E-state index contributed by atoms with van der Waals surface area (Å²) in [5, 5.41) is 3.20. The summed E-state index contributed by atoms with van der Waals surface area (Å²) in [7, 11) is 0. The molecule has 1 aromatic rings. The predicted molar refractivity (Wildman–Crippen MR) is 64.4 cm³/mol. The van der Waals surface area contributed by atoms with Crippen molar-refractivity contribution < 1.29 is 17.9 Å². The quantitative estimate of drug-likeness (QED) is 0.647. The monoisotopic (exact) mass is 295 g/mol. The van der Waals surface area contributed by atoms with Crippen molar-refractivity contribution in [2.75, 3.05) is 25.1 Å². The lowest BCUT2D eigenvalue weighted by Gasteiger charge is -2.09. The Morgan fingerprint density at radius 3 is 2.74 bits per heavy atom. The van der Waals surface area contributed by atoms with Gasteiger partial charge in [0.15, 0.2) is 0 Å². The van der Waals surface area contributed by atoms with Crippen LogP contribution >= 0.6 is 11.6 Å². The van der Waals surface area contributed by atoms with Crippen molar-refractivity contribution in [2.24, 2.45) is 0 Å². The maximum absolute atomic E-state index is 11.8. The first-order chi connectivity index (χ1) is 8.94. The molecule has 0 aliphatic heterocycles. The summed E-state index contributed by atoms with van der Waals surface area (Å²) in [5.74, 6) is 1.56. The number of hydrogen-bond donors (Lipinski definition) is 1. The summed E-state index contributed by atoms with van der Waals surface area (Å²) in [6.45, 7) is -1.07. The van der Waals surface area contributed by atoms with E-state index in [4.69, 9.17) is 11.6 Å². The van der Waals surface area contributed by atoms with Gasteiger partial charge in [-0.15, -0.1) is 0 Å². The van der Waals surface area contributed by atoms with Gasteiger partial charge in [-0.05, 0) is 12.8 Å². The third-order valence-corrected chi connectivity index (χ3v) is 2.67. The number of halogens is 4. The van der Waals surface area contributed by atoms with Crippen LogP contribution in [0.3, 0.4) is 0 Å². The normalized spacial score (nSPS) is 15.6. The predicted octanol–water partition coefficient (Wildman–Crippen LogP) is 3.00. The molecule has 1 fully saturated rings. The van der Waals surface area contributed by atoms with Gasteiger partial charge in [0.1, 0.15) is 23.4 Å². The molecule has 4 nitrogen and oxygen atoms in total. The van der Waals surface area contributed by atoms with E-state index >= 15 is 0 Å². The maximum Gasteiger partial charge on any atom is 0.411 e. The average molecular weight is 296 g/mol. The highest BCUT2D eigenvalue weighted by molar-refractivity contribution is 6.29. The molecule has 19 heavy (non-hydrogen) atoms. The topological polar surface area (TPSA) is 47.0 Å². The lowest BCUT2D eigenvalue weighted by atomic mass is 10.4. The Kier molecular flexibility index (Phi) is 4.46. The highest BCUT2D eigenvalue weighted by atomic mass is 35.5. The Morgan fingerprint density at radius 1 is 1.37 bits per heavy atom.